The van der Waals surface area contributed by atoms with Crippen LogP contribution in [0.25, 0.3) is 10.9 Å². The number of hydrogen-bond acceptors (Lipinski definition) is 3. The van der Waals surface area contributed by atoms with Gasteiger partial charge in [0.2, 0.25) is 0 Å². The number of aromatic nitrogens is 1. The number of aliphatic hydroxyl groups is 1. The summed E-state index contributed by atoms with van der Waals surface area (Å²) >= 11 is 0. The number of amides is 1. The van der Waals surface area contributed by atoms with Crippen molar-refractivity contribution >= 4 is 16.8 Å². The lowest BCUT2D eigenvalue weighted by Gasteiger charge is -2.25. The highest BCUT2D eigenvalue weighted by Gasteiger charge is 2.23. The van der Waals surface area contributed by atoms with Gasteiger partial charge >= 0.3 is 0 Å². The van der Waals surface area contributed by atoms with E-state index < -0.39 is 23.8 Å². The number of unbranched alkanes of at least 4 members (excludes halogenated alkanes) is 1. The Balaban J connectivity index is 1.48. The van der Waals surface area contributed by atoms with E-state index in [-0.39, 0.29) is 18.9 Å². The molecule has 3 N–H and O–H groups in total. The first-order chi connectivity index (χ1) is 18.9. The van der Waals surface area contributed by atoms with Crippen molar-refractivity contribution in [3.05, 3.63) is 107 Å². The topological polar surface area (TPSA) is 66.3 Å². The van der Waals surface area contributed by atoms with Crippen molar-refractivity contribution in [2.45, 2.75) is 64.8 Å². The summed E-state index contributed by atoms with van der Waals surface area (Å²) in [5.74, 6) is -1.75. The SMILES string of the molecule is CCCCn1ccc2cc(C(=O)N[C@@H](Cc3cc(F)cc(F)c3)[C@H](O)CNCc3cccc(CC)c3)ccc21. The monoisotopic (exact) mass is 533 g/mol. The fourth-order valence-corrected chi connectivity index (χ4v) is 4.85. The molecule has 2 atom stereocenters. The quantitative estimate of drug-likeness (QED) is 0.204. The van der Waals surface area contributed by atoms with Crippen LogP contribution in [-0.2, 0) is 25.9 Å². The van der Waals surface area contributed by atoms with E-state index in [4.69, 9.17) is 0 Å². The summed E-state index contributed by atoms with van der Waals surface area (Å²) in [5, 5.41) is 18.2. The lowest BCUT2D eigenvalue weighted by Crippen LogP contribution is -2.48. The van der Waals surface area contributed by atoms with Crippen molar-refractivity contribution < 1.29 is 18.7 Å². The lowest BCUT2D eigenvalue weighted by atomic mass is 9.99. The van der Waals surface area contributed by atoms with Crippen LogP contribution in [0.1, 0.15) is 53.7 Å². The molecule has 0 aliphatic rings. The minimum absolute atomic E-state index is 0.0736. The normalized spacial score (nSPS) is 12.9. The molecule has 1 amide bonds. The predicted octanol–water partition coefficient (Wildman–Crippen LogP) is 5.77. The number of halogens is 2. The molecule has 0 aliphatic heterocycles. The molecule has 0 radical (unpaired) electrons. The average molecular weight is 534 g/mol. The van der Waals surface area contributed by atoms with Gasteiger partial charge in [0.15, 0.2) is 0 Å². The molecule has 0 bridgehead atoms. The van der Waals surface area contributed by atoms with Crippen LogP contribution in [-0.4, -0.2) is 34.3 Å². The van der Waals surface area contributed by atoms with Crippen molar-refractivity contribution in [1.29, 1.82) is 0 Å². The molecular weight excluding hydrogens is 496 g/mol. The largest absolute Gasteiger partial charge is 0.390 e. The summed E-state index contributed by atoms with van der Waals surface area (Å²) < 4.78 is 29.9. The van der Waals surface area contributed by atoms with E-state index in [2.05, 4.69) is 41.2 Å². The number of carbonyl (C=O) groups excluding carboxylic acids is 1. The number of hydrogen-bond donors (Lipinski definition) is 3. The molecule has 4 aromatic rings. The van der Waals surface area contributed by atoms with E-state index in [0.717, 1.165) is 48.3 Å². The molecule has 0 aliphatic carbocycles. The first-order valence-electron chi connectivity index (χ1n) is 13.7. The third-order valence-corrected chi connectivity index (χ3v) is 7.03. The molecule has 0 saturated heterocycles. The van der Waals surface area contributed by atoms with Crippen molar-refractivity contribution in [3.8, 4) is 0 Å². The van der Waals surface area contributed by atoms with Gasteiger partial charge in [0.05, 0.1) is 12.1 Å². The number of nitrogens with one attached hydrogen (secondary N) is 2. The summed E-state index contributed by atoms with van der Waals surface area (Å²) in [6.45, 7) is 5.90. The van der Waals surface area contributed by atoms with Gasteiger partial charge in [0.1, 0.15) is 11.6 Å². The van der Waals surface area contributed by atoms with Crippen LogP contribution in [0.4, 0.5) is 8.78 Å². The predicted molar refractivity (Wildman–Crippen MR) is 152 cm³/mol. The summed E-state index contributed by atoms with van der Waals surface area (Å²) in [7, 11) is 0. The maximum atomic E-state index is 13.9. The van der Waals surface area contributed by atoms with E-state index in [9.17, 15) is 18.7 Å². The number of aliphatic hydroxyl groups excluding tert-OH is 1. The maximum absolute atomic E-state index is 13.9. The number of carbonyl (C=O) groups is 1. The van der Waals surface area contributed by atoms with Crippen molar-refractivity contribution in [1.82, 2.24) is 15.2 Å². The van der Waals surface area contributed by atoms with Crippen molar-refractivity contribution in [2.24, 2.45) is 0 Å². The molecule has 7 heteroatoms. The van der Waals surface area contributed by atoms with Crippen LogP contribution in [0.5, 0.6) is 0 Å². The molecule has 206 valence electrons. The summed E-state index contributed by atoms with van der Waals surface area (Å²) in [6, 6.07) is 18.2. The van der Waals surface area contributed by atoms with E-state index in [1.807, 2.05) is 36.5 Å². The van der Waals surface area contributed by atoms with Gasteiger partial charge in [-0.3, -0.25) is 4.79 Å². The lowest BCUT2D eigenvalue weighted by molar-refractivity contribution is 0.0830. The van der Waals surface area contributed by atoms with Gasteiger partial charge in [-0.2, -0.15) is 0 Å². The van der Waals surface area contributed by atoms with E-state index in [1.165, 1.54) is 17.7 Å². The molecular formula is C32H37F2N3O2. The summed E-state index contributed by atoms with van der Waals surface area (Å²) in [5.41, 5.74) is 4.20. The Kier molecular flexibility index (Phi) is 9.85. The second-order valence-corrected chi connectivity index (χ2v) is 10.1. The molecule has 4 rings (SSSR count). The van der Waals surface area contributed by atoms with Crippen LogP contribution in [0.2, 0.25) is 0 Å². The molecule has 0 unspecified atom stereocenters. The fraction of sp³-hybridized carbons (Fsp3) is 0.344. The Hall–Kier alpha value is -3.55. The minimum atomic E-state index is -0.992. The zero-order chi connectivity index (χ0) is 27.8. The van der Waals surface area contributed by atoms with Crippen LogP contribution >= 0.6 is 0 Å². The Morgan fingerprint density at radius 3 is 2.46 bits per heavy atom. The number of aryl methyl sites for hydroxylation is 2. The molecule has 1 heterocycles. The maximum Gasteiger partial charge on any atom is 0.251 e. The van der Waals surface area contributed by atoms with E-state index in [0.29, 0.717) is 17.7 Å². The highest BCUT2D eigenvalue weighted by molar-refractivity contribution is 5.98. The Bertz CT molecular complexity index is 1380. The van der Waals surface area contributed by atoms with E-state index in [1.54, 1.807) is 6.07 Å². The zero-order valence-corrected chi connectivity index (χ0v) is 22.6. The summed E-state index contributed by atoms with van der Waals surface area (Å²) in [6.07, 6.45) is 4.21. The number of benzene rings is 3. The standard InChI is InChI=1S/C32H37F2N3O2/c1-3-5-12-37-13-11-25-18-26(9-10-30(25)37)32(39)36-29(17-24-15-27(33)19-28(34)16-24)31(38)21-35-20-23-8-6-7-22(4-2)14-23/h6-11,13-16,18-19,29,31,35,38H,3-5,12,17,20-21H2,1-2H3,(H,36,39)/t29-,31+/m0/s1. The molecule has 1 aromatic heterocycles. The van der Waals surface area contributed by atoms with Gasteiger partial charge in [-0.15, -0.1) is 0 Å². The van der Waals surface area contributed by atoms with Gasteiger partial charge in [0.25, 0.3) is 5.91 Å². The number of rotatable bonds is 13. The third kappa shape index (κ3) is 7.74. The Morgan fingerprint density at radius 1 is 0.949 bits per heavy atom. The van der Waals surface area contributed by atoms with Crippen molar-refractivity contribution in [2.75, 3.05) is 6.54 Å². The second kappa shape index (κ2) is 13.5. The molecule has 39 heavy (non-hydrogen) atoms. The van der Waals surface area contributed by atoms with Gasteiger partial charge in [-0.1, -0.05) is 44.5 Å². The Labute approximate surface area is 228 Å². The van der Waals surface area contributed by atoms with Gasteiger partial charge in [0, 0.05) is 48.4 Å². The molecule has 5 nitrogen and oxygen atoms in total. The second-order valence-electron chi connectivity index (χ2n) is 10.1. The first kappa shape index (κ1) is 28.5. The molecule has 0 fully saturated rings. The van der Waals surface area contributed by atoms with Crippen LogP contribution in [0, 0.1) is 11.6 Å². The van der Waals surface area contributed by atoms with Crippen LogP contribution in [0.15, 0.2) is 72.9 Å². The smallest absolute Gasteiger partial charge is 0.251 e. The molecule has 3 aromatic carbocycles. The zero-order valence-electron chi connectivity index (χ0n) is 22.6. The fourth-order valence-electron chi connectivity index (χ4n) is 4.85. The van der Waals surface area contributed by atoms with Crippen LogP contribution < -0.4 is 10.6 Å². The first-order valence-corrected chi connectivity index (χ1v) is 13.7. The van der Waals surface area contributed by atoms with E-state index >= 15 is 0 Å². The highest BCUT2D eigenvalue weighted by Crippen LogP contribution is 2.19. The van der Waals surface area contributed by atoms with Gasteiger partial charge in [-0.05, 0) is 72.4 Å². The van der Waals surface area contributed by atoms with Crippen molar-refractivity contribution in [3.63, 3.8) is 0 Å². The molecule has 0 spiro atoms. The number of fused-ring (bicyclic) bond motifs is 1. The Morgan fingerprint density at radius 2 is 1.72 bits per heavy atom. The van der Waals surface area contributed by atoms with Gasteiger partial charge in [-0.25, -0.2) is 8.78 Å². The molecule has 0 saturated carbocycles. The average Bonchev–Trinajstić information content (AvgIpc) is 3.33. The highest BCUT2D eigenvalue weighted by atomic mass is 19.1. The van der Waals surface area contributed by atoms with Gasteiger partial charge < -0.3 is 20.3 Å². The number of nitrogens with zero attached hydrogens (tertiary/aromatic N) is 1. The minimum Gasteiger partial charge on any atom is -0.390 e. The third-order valence-electron chi connectivity index (χ3n) is 7.03. The summed E-state index contributed by atoms with van der Waals surface area (Å²) in [4.78, 5) is 13.3. The van der Waals surface area contributed by atoms with Crippen LogP contribution in [0.3, 0.4) is 0 Å².